The standard InChI is InChI=1S/C16H24N2O2/c1-13(2)11-17-16(20)12-18(3)10-9-15(19)14-7-5-4-6-8-14/h4-8,13H,9-12H2,1-3H3,(H,17,20). The Morgan fingerprint density at radius 2 is 1.85 bits per heavy atom. The fourth-order valence-corrected chi connectivity index (χ4v) is 1.76. The predicted molar refractivity (Wildman–Crippen MR) is 80.7 cm³/mol. The molecule has 0 atom stereocenters. The number of ketones is 1. The number of benzene rings is 1. The average Bonchev–Trinajstić information content (AvgIpc) is 2.43. The number of Topliss-reactive ketones (excluding diaryl/α,β-unsaturated/α-hetero) is 1. The van der Waals surface area contributed by atoms with Crippen LogP contribution in [0.25, 0.3) is 0 Å². The van der Waals surface area contributed by atoms with E-state index in [9.17, 15) is 9.59 Å². The topological polar surface area (TPSA) is 49.4 Å². The Morgan fingerprint density at radius 3 is 2.45 bits per heavy atom. The van der Waals surface area contributed by atoms with Crippen LogP contribution in [0.2, 0.25) is 0 Å². The van der Waals surface area contributed by atoms with E-state index in [1.165, 1.54) is 0 Å². The number of carbonyl (C=O) groups is 2. The second-order valence-corrected chi connectivity index (χ2v) is 5.47. The molecule has 0 aromatic heterocycles. The van der Waals surface area contributed by atoms with Gasteiger partial charge in [0.15, 0.2) is 5.78 Å². The van der Waals surface area contributed by atoms with Crippen molar-refractivity contribution in [1.82, 2.24) is 10.2 Å². The number of carbonyl (C=O) groups excluding carboxylic acids is 2. The van der Waals surface area contributed by atoms with Crippen LogP contribution in [0.5, 0.6) is 0 Å². The van der Waals surface area contributed by atoms with Crippen LogP contribution in [0.1, 0.15) is 30.6 Å². The Bertz CT molecular complexity index is 429. The van der Waals surface area contributed by atoms with Gasteiger partial charge < -0.3 is 5.32 Å². The lowest BCUT2D eigenvalue weighted by Gasteiger charge is -2.16. The quantitative estimate of drug-likeness (QED) is 0.738. The van der Waals surface area contributed by atoms with Gasteiger partial charge in [-0.3, -0.25) is 14.5 Å². The van der Waals surface area contributed by atoms with E-state index in [1.807, 2.05) is 42.3 Å². The van der Waals surface area contributed by atoms with Gasteiger partial charge in [-0.25, -0.2) is 0 Å². The van der Waals surface area contributed by atoms with Crippen molar-refractivity contribution in [2.24, 2.45) is 5.92 Å². The summed E-state index contributed by atoms with van der Waals surface area (Å²) in [5.74, 6) is 0.567. The van der Waals surface area contributed by atoms with Gasteiger partial charge in [0.2, 0.25) is 5.91 Å². The van der Waals surface area contributed by atoms with Gasteiger partial charge >= 0.3 is 0 Å². The SMILES string of the molecule is CC(C)CNC(=O)CN(C)CCC(=O)c1ccccc1. The minimum Gasteiger partial charge on any atom is -0.355 e. The Balaban J connectivity index is 2.27. The maximum absolute atomic E-state index is 11.9. The smallest absolute Gasteiger partial charge is 0.234 e. The summed E-state index contributed by atoms with van der Waals surface area (Å²) in [6.45, 7) is 5.72. The summed E-state index contributed by atoms with van der Waals surface area (Å²) in [4.78, 5) is 25.4. The van der Waals surface area contributed by atoms with Crippen LogP contribution in [0.4, 0.5) is 0 Å². The van der Waals surface area contributed by atoms with Crippen molar-refractivity contribution < 1.29 is 9.59 Å². The zero-order valence-electron chi connectivity index (χ0n) is 12.6. The van der Waals surface area contributed by atoms with Gasteiger partial charge in [0, 0.05) is 25.1 Å². The monoisotopic (exact) mass is 276 g/mol. The fourth-order valence-electron chi connectivity index (χ4n) is 1.76. The zero-order chi connectivity index (χ0) is 15.0. The molecule has 0 bridgehead atoms. The van der Waals surface area contributed by atoms with Crippen LogP contribution in [0.15, 0.2) is 30.3 Å². The minimum atomic E-state index is 0.00774. The van der Waals surface area contributed by atoms with Gasteiger partial charge in [-0.2, -0.15) is 0 Å². The van der Waals surface area contributed by atoms with E-state index in [0.717, 1.165) is 5.56 Å². The number of nitrogens with zero attached hydrogens (tertiary/aromatic N) is 1. The van der Waals surface area contributed by atoms with E-state index >= 15 is 0 Å². The van der Waals surface area contributed by atoms with Gasteiger partial charge in [-0.15, -0.1) is 0 Å². The van der Waals surface area contributed by atoms with E-state index < -0.39 is 0 Å². The second-order valence-electron chi connectivity index (χ2n) is 5.47. The highest BCUT2D eigenvalue weighted by molar-refractivity contribution is 5.96. The molecule has 1 aromatic rings. The molecule has 0 aliphatic heterocycles. The van der Waals surface area contributed by atoms with Crippen LogP contribution in [0.3, 0.4) is 0 Å². The summed E-state index contributed by atoms with van der Waals surface area (Å²) in [7, 11) is 1.85. The predicted octanol–water partition coefficient (Wildman–Crippen LogP) is 1.96. The first-order valence-corrected chi connectivity index (χ1v) is 7.02. The maximum Gasteiger partial charge on any atom is 0.234 e. The Labute approximate surface area is 121 Å². The third kappa shape index (κ3) is 6.48. The number of likely N-dealkylation sites (N-methyl/N-ethyl adjacent to an activating group) is 1. The minimum absolute atomic E-state index is 0.00774. The molecule has 0 saturated heterocycles. The van der Waals surface area contributed by atoms with Crippen LogP contribution in [0, 0.1) is 5.92 Å². The number of nitrogens with one attached hydrogen (secondary N) is 1. The Hall–Kier alpha value is -1.68. The van der Waals surface area contributed by atoms with Crippen LogP contribution >= 0.6 is 0 Å². The molecule has 0 heterocycles. The molecule has 0 unspecified atom stereocenters. The molecule has 1 N–H and O–H groups in total. The summed E-state index contributed by atoms with van der Waals surface area (Å²) in [5, 5.41) is 2.87. The van der Waals surface area contributed by atoms with Crippen molar-refractivity contribution in [3.8, 4) is 0 Å². The van der Waals surface area contributed by atoms with Crippen molar-refractivity contribution >= 4 is 11.7 Å². The van der Waals surface area contributed by atoms with E-state index in [-0.39, 0.29) is 11.7 Å². The summed E-state index contributed by atoms with van der Waals surface area (Å²) in [6.07, 6.45) is 0.429. The van der Waals surface area contributed by atoms with Crippen LogP contribution in [-0.2, 0) is 4.79 Å². The number of hydrogen-bond donors (Lipinski definition) is 1. The first kappa shape index (κ1) is 16.4. The molecule has 0 saturated carbocycles. The van der Waals surface area contributed by atoms with E-state index in [1.54, 1.807) is 0 Å². The second kappa shape index (κ2) is 8.48. The molecule has 0 aliphatic carbocycles. The summed E-state index contributed by atoms with van der Waals surface area (Å²) >= 11 is 0. The third-order valence-electron chi connectivity index (χ3n) is 2.94. The molecule has 20 heavy (non-hydrogen) atoms. The molecular weight excluding hydrogens is 252 g/mol. The number of rotatable bonds is 8. The highest BCUT2D eigenvalue weighted by Crippen LogP contribution is 2.03. The van der Waals surface area contributed by atoms with E-state index in [4.69, 9.17) is 0 Å². The molecule has 0 fully saturated rings. The lowest BCUT2D eigenvalue weighted by molar-refractivity contribution is -0.122. The van der Waals surface area contributed by atoms with Gasteiger partial charge in [0.1, 0.15) is 0 Å². The third-order valence-corrected chi connectivity index (χ3v) is 2.94. The largest absolute Gasteiger partial charge is 0.355 e. The van der Waals surface area contributed by atoms with Crippen molar-refractivity contribution in [1.29, 1.82) is 0 Å². The molecule has 0 aliphatic rings. The highest BCUT2D eigenvalue weighted by atomic mass is 16.2. The molecule has 110 valence electrons. The van der Waals surface area contributed by atoms with Gasteiger partial charge in [0.25, 0.3) is 0 Å². The lowest BCUT2D eigenvalue weighted by atomic mass is 10.1. The first-order valence-electron chi connectivity index (χ1n) is 7.02. The maximum atomic E-state index is 11.9. The summed E-state index contributed by atoms with van der Waals surface area (Å²) in [5.41, 5.74) is 0.727. The fraction of sp³-hybridized carbons (Fsp3) is 0.500. The highest BCUT2D eigenvalue weighted by Gasteiger charge is 2.10. The molecule has 4 heteroatoms. The van der Waals surface area contributed by atoms with Gasteiger partial charge in [-0.05, 0) is 13.0 Å². The molecule has 1 amide bonds. The molecule has 4 nitrogen and oxygen atoms in total. The molecule has 0 spiro atoms. The number of hydrogen-bond acceptors (Lipinski definition) is 3. The Morgan fingerprint density at radius 1 is 1.20 bits per heavy atom. The Kier molecular flexibility index (Phi) is 6.94. The van der Waals surface area contributed by atoms with E-state index in [0.29, 0.717) is 32.0 Å². The summed E-state index contributed by atoms with van der Waals surface area (Å²) in [6, 6.07) is 9.24. The van der Waals surface area contributed by atoms with E-state index in [2.05, 4.69) is 19.2 Å². The number of amides is 1. The normalized spacial score (nSPS) is 10.8. The van der Waals surface area contributed by atoms with Crippen molar-refractivity contribution in [3.05, 3.63) is 35.9 Å². The van der Waals surface area contributed by atoms with Crippen LogP contribution < -0.4 is 5.32 Å². The van der Waals surface area contributed by atoms with Crippen molar-refractivity contribution in [2.45, 2.75) is 20.3 Å². The van der Waals surface area contributed by atoms with Gasteiger partial charge in [0.05, 0.1) is 6.54 Å². The molecular formula is C16H24N2O2. The van der Waals surface area contributed by atoms with Crippen molar-refractivity contribution in [3.63, 3.8) is 0 Å². The van der Waals surface area contributed by atoms with Crippen molar-refractivity contribution in [2.75, 3.05) is 26.7 Å². The lowest BCUT2D eigenvalue weighted by Crippen LogP contribution is -2.37. The molecule has 1 aromatic carbocycles. The molecule has 0 radical (unpaired) electrons. The molecule has 1 rings (SSSR count). The summed E-state index contributed by atoms with van der Waals surface area (Å²) < 4.78 is 0. The first-order chi connectivity index (χ1) is 9.49. The average molecular weight is 276 g/mol. The zero-order valence-corrected chi connectivity index (χ0v) is 12.6. The van der Waals surface area contributed by atoms with Crippen LogP contribution in [-0.4, -0.2) is 43.3 Å². The van der Waals surface area contributed by atoms with Gasteiger partial charge in [-0.1, -0.05) is 44.2 Å².